The number of benzene rings is 2. The summed E-state index contributed by atoms with van der Waals surface area (Å²) in [4.78, 5) is 60.7. The molecule has 0 spiro atoms. The molecule has 0 bridgehead atoms. The summed E-state index contributed by atoms with van der Waals surface area (Å²) in [7, 11) is 4.35. The maximum atomic E-state index is 14.0. The van der Waals surface area contributed by atoms with Crippen molar-refractivity contribution in [1.29, 1.82) is 0 Å². The first-order valence-electron chi connectivity index (χ1n) is 20.9. The van der Waals surface area contributed by atoms with Gasteiger partial charge in [0.25, 0.3) is 0 Å². The van der Waals surface area contributed by atoms with Crippen LogP contribution in [-0.2, 0) is 33.3 Å². The Morgan fingerprint density at radius 3 is 1.86 bits per heavy atom. The molecule has 314 valence electrons. The van der Waals surface area contributed by atoms with Crippen LogP contribution in [0.3, 0.4) is 0 Å². The zero-order chi connectivity index (χ0) is 41.8. The van der Waals surface area contributed by atoms with Crippen LogP contribution in [0, 0.1) is 0 Å². The second kappa shape index (κ2) is 18.4. The van der Waals surface area contributed by atoms with Gasteiger partial charge in [-0.05, 0) is 96.1 Å². The van der Waals surface area contributed by atoms with Crippen LogP contribution in [0.2, 0.25) is 0 Å². The van der Waals surface area contributed by atoms with Crippen molar-refractivity contribution in [3.63, 3.8) is 0 Å². The Kier molecular flexibility index (Phi) is 13.1. The summed E-state index contributed by atoms with van der Waals surface area (Å²) in [5.74, 6) is -0.465. The molecule has 7 rings (SSSR count). The molecule has 0 radical (unpaired) electrons. The van der Waals surface area contributed by atoms with Gasteiger partial charge in [-0.2, -0.15) is 0 Å². The lowest BCUT2D eigenvalue weighted by molar-refractivity contribution is -0.140. The Bertz CT molecular complexity index is 2050. The molecule has 3 fully saturated rings. The third-order valence-electron chi connectivity index (χ3n) is 12.7. The molecule has 4 aliphatic heterocycles. The predicted molar refractivity (Wildman–Crippen MR) is 225 cm³/mol. The van der Waals surface area contributed by atoms with Gasteiger partial charge in [0.05, 0.1) is 44.6 Å². The Balaban J connectivity index is 0.994. The fourth-order valence-corrected chi connectivity index (χ4v) is 9.17. The minimum absolute atomic E-state index is 0.0435. The number of fused-ring (bicyclic) bond motifs is 1. The lowest BCUT2D eigenvalue weighted by atomic mass is 9.94. The molecule has 5 aliphatic rings. The Morgan fingerprint density at radius 2 is 1.27 bits per heavy atom. The lowest BCUT2D eigenvalue weighted by Crippen LogP contribution is -2.56. The average Bonchev–Trinajstić information content (AvgIpc) is 4.12. The number of hydrogen-bond acceptors (Lipinski definition) is 9. The van der Waals surface area contributed by atoms with Crippen molar-refractivity contribution in [1.82, 2.24) is 20.4 Å². The Morgan fingerprint density at radius 1 is 0.729 bits per heavy atom. The normalized spacial score (nSPS) is 22.2. The van der Waals surface area contributed by atoms with Gasteiger partial charge in [-0.25, -0.2) is 4.79 Å². The predicted octanol–water partition coefficient (Wildman–Crippen LogP) is 5.69. The van der Waals surface area contributed by atoms with Crippen LogP contribution < -0.4 is 10.6 Å². The van der Waals surface area contributed by atoms with Crippen molar-refractivity contribution >= 4 is 40.7 Å². The Hall–Kier alpha value is -5.11. The smallest absolute Gasteiger partial charge is 0.407 e. The molecule has 4 amide bonds. The molecule has 2 N–H and O–H groups in total. The van der Waals surface area contributed by atoms with Gasteiger partial charge in [0.15, 0.2) is 0 Å². The van der Waals surface area contributed by atoms with Crippen molar-refractivity contribution in [3.05, 3.63) is 82.6 Å². The van der Waals surface area contributed by atoms with Gasteiger partial charge >= 0.3 is 6.09 Å². The number of carbonyl (C=O) groups excluding carboxylic acids is 4. The monoisotopic (exact) mass is 807 g/mol. The molecule has 2 aromatic carbocycles. The summed E-state index contributed by atoms with van der Waals surface area (Å²) in [5.41, 5.74) is 11.5. The SMILES string of the molecule is CCC(=O)N[C@H](C(=O)N1CCC[C@H]1C1=C2COCC2=C(c2ccc(-c3ccc(C4=CN=C([C@@H]5CCCN5C(=O)[C@@H](NC(=O)OC)[C@@H](C)OC)C4)cc3)cc2)C1)[C@@H](C)OC. The molecule has 2 aromatic rings. The number of amides is 4. The maximum absolute atomic E-state index is 14.0. The minimum Gasteiger partial charge on any atom is -0.453 e. The van der Waals surface area contributed by atoms with E-state index in [1.807, 2.05) is 22.9 Å². The van der Waals surface area contributed by atoms with Gasteiger partial charge < -0.3 is 39.4 Å². The second-order valence-electron chi connectivity index (χ2n) is 16.0. The van der Waals surface area contributed by atoms with E-state index in [2.05, 4.69) is 59.2 Å². The van der Waals surface area contributed by atoms with E-state index < -0.39 is 30.4 Å². The van der Waals surface area contributed by atoms with Gasteiger partial charge in [0, 0.05) is 52.1 Å². The summed E-state index contributed by atoms with van der Waals surface area (Å²) in [6.45, 7) is 7.70. The fraction of sp³-hybridized carbons (Fsp3) is 0.500. The molecule has 59 heavy (non-hydrogen) atoms. The summed E-state index contributed by atoms with van der Waals surface area (Å²) in [5, 5.41) is 5.56. The van der Waals surface area contributed by atoms with Crippen LogP contribution in [0.5, 0.6) is 0 Å². The van der Waals surface area contributed by atoms with E-state index in [0.717, 1.165) is 65.6 Å². The summed E-state index contributed by atoms with van der Waals surface area (Å²) in [6, 6.07) is 15.4. The van der Waals surface area contributed by atoms with Crippen molar-refractivity contribution in [3.8, 4) is 11.1 Å². The number of hydrogen-bond donors (Lipinski definition) is 2. The highest BCUT2D eigenvalue weighted by Gasteiger charge is 2.42. The minimum atomic E-state index is -0.866. The van der Waals surface area contributed by atoms with E-state index in [9.17, 15) is 19.2 Å². The number of alkyl carbamates (subject to hydrolysis) is 1. The third-order valence-corrected chi connectivity index (χ3v) is 12.7. The van der Waals surface area contributed by atoms with Crippen LogP contribution in [0.25, 0.3) is 22.3 Å². The van der Waals surface area contributed by atoms with Crippen LogP contribution >= 0.6 is 0 Å². The molecule has 0 unspecified atom stereocenters. The molecule has 4 heterocycles. The van der Waals surface area contributed by atoms with Crippen LogP contribution in [0.1, 0.15) is 76.8 Å². The second-order valence-corrected chi connectivity index (χ2v) is 16.0. The molecule has 0 saturated carbocycles. The number of aliphatic imine (C=N–C) groups is 1. The van der Waals surface area contributed by atoms with E-state index >= 15 is 0 Å². The van der Waals surface area contributed by atoms with Crippen molar-refractivity contribution < 1.29 is 38.1 Å². The summed E-state index contributed by atoms with van der Waals surface area (Å²) in [6.07, 6.45) is 5.41. The highest BCUT2D eigenvalue weighted by molar-refractivity contribution is 6.04. The van der Waals surface area contributed by atoms with E-state index in [1.165, 1.54) is 36.5 Å². The van der Waals surface area contributed by atoms with Crippen molar-refractivity contribution in [2.24, 2.45) is 4.99 Å². The summed E-state index contributed by atoms with van der Waals surface area (Å²) < 4.78 is 21.7. The average molecular weight is 808 g/mol. The molecule has 6 atom stereocenters. The highest BCUT2D eigenvalue weighted by atomic mass is 16.5. The van der Waals surface area contributed by atoms with Gasteiger partial charge in [-0.3, -0.25) is 19.4 Å². The standard InChI is InChI=1S/C46H57N5O8/c1-7-41(52)48-42(27(2)56-4)44(53)50-20-8-10-39(50)35-23-34(36-25-59-26-37(35)36)32-18-16-30(17-19-32)29-12-14-31(15-13-29)33-22-38(47-24-33)40-11-9-21-51(40)45(54)43(28(3)57-5)49-46(55)58-6/h12-19,24,27-28,39-40,42-43H,7-11,20-23,25-26H2,1-6H3,(H,48,52)(H,49,55)/t27-,28-,39+,40+,42+,43+/m1/s1. The molecule has 13 nitrogen and oxygen atoms in total. The van der Waals surface area contributed by atoms with Gasteiger partial charge in [0.2, 0.25) is 17.7 Å². The largest absolute Gasteiger partial charge is 0.453 e. The van der Waals surface area contributed by atoms with Crippen LogP contribution in [-0.4, -0.2) is 123 Å². The number of methoxy groups -OCH3 is 3. The molecular formula is C46H57N5O8. The first kappa shape index (κ1) is 42.0. The topological polar surface area (TPSA) is 148 Å². The summed E-state index contributed by atoms with van der Waals surface area (Å²) >= 11 is 0. The van der Waals surface area contributed by atoms with E-state index in [1.54, 1.807) is 21.0 Å². The zero-order valence-corrected chi connectivity index (χ0v) is 35.0. The number of allylic oxidation sites excluding steroid dienone is 2. The van der Waals surface area contributed by atoms with E-state index in [0.29, 0.717) is 39.1 Å². The zero-order valence-electron chi connectivity index (χ0n) is 35.0. The van der Waals surface area contributed by atoms with Crippen molar-refractivity contribution in [2.75, 3.05) is 47.6 Å². The third kappa shape index (κ3) is 8.64. The fourth-order valence-electron chi connectivity index (χ4n) is 9.17. The molecule has 1 aliphatic carbocycles. The quantitative estimate of drug-likeness (QED) is 0.248. The lowest BCUT2D eigenvalue weighted by Gasteiger charge is -2.32. The van der Waals surface area contributed by atoms with Gasteiger partial charge in [0.1, 0.15) is 12.1 Å². The van der Waals surface area contributed by atoms with Gasteiger partial charge in [-0.1, -0.05) is 55.5 Å². The van der Waals surface area contributed by atoms with E-state index in [4.69, 9.17) is 23.9 Å². The van der Waals surface area contributed by atoms with Gasteiger partial charge in [-0.15, -0.1) is 0 Å². The van der Waals surface area contributed by atoms with Crippen LogP contribution in [0.4, 0.5) is 4.79 Å². The molecule has 0 aromatic heterocycles. The number of likely N-dealkylation sites (tertiary alicyclic amines) is 2. The number of nitrogens with zero attached hydrogens (tertiary/aromatic N) is 3. The first-order valence-corrected chi connectivity index (χ1v) is 20.9. The van der Waals surface area contributed by atoms with Crippen molar-refractivity contribution in [2.45, 2.75) is 102 Å². The molecule has 3 saturated heterocycles. The highest BCUT2D eigenvalue weighted by Crippen LogP contribution is 2.46. The first-order chi connectivity index (χ1) is 28.6. The molecule has 13 heteroatoms. The number of carbonyl (C=O) groups is 4. The van der Waals surface area contributed by atoms with E-state index in [-0.39, 0.29) is 29.8 Å². The molecular weight excluding hydrogens is 751 g/mol. The number of ether oxygens (including phenoxy) is 4. The Labute approximate surface area is 346 Å². The maximum Gasteiger partial charge on any atom is 0.407 e. The van der Waals surface area contributed by atoms with Crippen LogP contribution in [0.15, 0.2) is 76.4 Å². The number of nitrogens with one attached hydrogen (secondary N) is 2. The number of rotatable bonds is 14.